The van der Waals surface area contributed by atoms with Crippen molar-refractivity contribution in [3.05, 3.63) is 105 Å². The van der Waals surface area contributed by atoms with Gasteiger partial charge >= 0.3 is 0 Å². The first-order valence-electron chi connectivity index (χ1n) is 11.2. The molecule has 174 valence electrons. The molecular formula is C29H23NO5. The number of hydrogen-bond acceptors (Lipinski definition) is 5. The molecule has 0 radical (unpaired) electrons. The van der Waals surface area contributed by atoms with Gasteiger partial charge in [-0.05, 0) is 69.3 Å². The van der Waals surface area contributed by atoms with Crippen LogP contribution in [0.4, 0.5) is 0 Å². The smallest absolute Gasteiger partial charge is 0.204 e. The molecule has 0 unspecified atom stereocenters. The lowest BCUT2D eigenvalue weighted by Crippen LogP contribution is -2.18. The Labute approximate surface area is 201 Å². The van der Waals surface area contributed by atoms with Gasteiger partial charge in [-0.1, -0.05) is 18.2 Å². The number of carbonyl (C=O) groups is 2. The highest BCUT2D eigenvalue weighted by molar-refractivity contribution is 6.13. The highest BCUT2D eigenvalue weighted by Crippen LogP contribution is 2.33. The first-order valence-corrected chi connectivity index (χ1v) is 11.2. The number of methoxy groups -OCH3 is 1. The Morgan fingerprint density at radius 3 is 2.20 bits per heavy atom. The summed E-state index contributed by atoms with van der Waals surface area (Å²) >= 11 is 0. The van der Waals surface area contributed by atoms with Crippen LogP contribution in [0.1, 0.15) is 44.7 Å². The van der Waals surface area contributed by atoms with Gasteiger partial charge < -0.3 is 13.7 Å². The molecule has 5 rings (SSSR count). The Balaban J connectivity index is 1.80. The van der Waals surface area contributed by atoms with Crippen LogP contribution in [0.5, 0.6) is 5.75 Å². The fraction of sp³-hybridized carbons (Fsp3) is 0.138. The van der Waals surface area contributed by atoms with Gasteiger partial charge in [0.1, 0.15) is 22.7 Å². The summed E-state index contributed by atoms with van der Waals surface area (Å²) in [6, 6.07) is 19.7. The predicted octanol–water partition coefficient (Wildman–Crippen LogP) is 5.80. The topological polar surface area (TPSA) is 78.5 Å². The predicted molar refractivity (Wildman–Crippen MR) is 135 cm³/mol. The molecule has 3 aromatic carbocycles. The Hall–Kier alpha value is -4.45. The standard InChI is InChI=1S/C29H23NO5/c1-16-26(17(2)31)22-15-25-23(14-24(22)30(16)20-8-6-5-7-9-20)29(33)27(18(3)35-25)28(32)19-10-12-21(34-4)13-11-19/h5-15H,1-4H3. The molecule has 0 N–H and O–H groups in total. The zero-order valence-electron chi connectivity index (χ0n) is 19.8. The quantitative estimate of drug-likeness (QED) is 0.307. The number of nitrogens with zero attached hydrogens (tertiary/aromatic N) is 1. The third-order valence-electron chi connectivity index (χ3n) is 6.34. The maximum absolute atomic E-state index is 13.6. The van der Waals surface area contributed by atoms with Gasteiger partial charge in [-0.25, -0.2) is 0 Å². The minimum absolute atomic E-state index is 0.0108. The Morgan fingerprint density at radius 2 is 1.57 bits per heavy atom. The molecule has 0 fully saturated rings. The zero-order valence-corrected chi connectivity index (χ0v) is 19.8. The van der Waals surface area contributed by atoms with E-state index in [0.717, 1.165) is 11.4 Å². The van der Waals surface area contributed by atoms with E-state index in [1.54, 1.807) is 50.4 Å². The van der Waals surface area contributed by atoms with Crippen molar-refractivity contribution in [1.29, 1.82) is 0 Å². The van der Waals surface area contributed by atoms with E-state index in [1.165, 1.54) is 6.92 Å². The lowest BCUT2D eigenvalue weighted by atomic mass is 9.99. The van der Waals surface area contributed by atoms with Crippen molar-refractivity contribution < 1.29 is 18.7 Å². The maximum atomic E-state index is 13.6. The van der Waals surface area contributed by atoms with Gasteiger partial charge in [0.05, 0.1) is 18.0 Å². The Morgan fingerprint density at radius 1 is 0.886 bits per heavy atom. The molecule has 5 aromatic rings. The van der Waals surface area contributed by atoms with E-state index in [9.17, 15) is 14.4 Å². The number of ketones is 2. The molecular weight excluding hydrogens is 442 g/mol. The second kappa shape index (κ2) is 8.40. The second-order valence-electron chi connectivity index (χ2n) is 8.47. The fourth-order valence-corrected chi connectivity index (χ4v) is 4.72. The van der Waals surface area contributed by atoms with Gasteiger partial charge in [-0.2, -0.15) is 0 Å². The minimum Gasteiger partial charge on any atom is -0.497 e. The second-order valence-corrected chi connectivity index (χ2v) is 8.47. The summed E-state index contributed by atoms with van der Waals surface area (Å²) in [7, 11) is 1.55. The van der Waals surface area contributed by atoms with Crippen LogP contribution in [0.15, 0.2) is 75.9 Å². The molecule has 0 spiro atoms. The molecule has 0 bridgehead atoms. The largest absolute Gasteiger partial charge is 0.497 e. The third-order valence-corrected chi connectivity index (χ3v) is 6.34. The third kappa shape index (κ3) is 3.54. The monoisotopic (exact) mass is 465 g/mol. The van der Waals surface area contributed by atoms with Crippen molar-refractivity contribution in [3.63, 3.8) is 0 Å². The summed E-state index contributed by atoms with van der Waals surface area (Å²) in [5.41, 5.74) is 3.19. The molecule has 0 aliphatic heterocycles. The van der Waals surface area contributed by atoms with E-state index in [2.05, 4.69) is 0 Å². The van der Waals surface area contributed by atoms with Crippen molar-refractivity contribution in [3.8, 4) is 11.4 Å². The Kier molecular flexibility index (Phi) is 5.36. The van der Waals surface area contributed by atoms with Gasteiger partial charge in [0.2, 0.25) is 5.43 Å². The first-order chi connectivity index (χ1) is 16.8. The molecule has 0 amide bonds. The van der Waals surface area contributed by atoms with Crippen LogP contribution in [-0.4, -0.2) is 23.2 Å². The van der Waals surface area contributed by atoms with Gasteiger partial charge in [0, 0.05) is 27.9 Å². The van der Waals surface area contributed by atoms with Gasteiger partial charge in [-0.3, -0.25) is 14.4 Å². The number of ether oxygens (including phenoxy) is 1. The number of aryl methyl sites for hydroxylation is 1. The lowest BCUT2D eigenvalue weighted by molar-refractivity contribution is 0.101. The molecule has 35 heavy (non-hydrogen) atoms. The number of Topliss-reactive ketones (excluding diaryl/α,β-unsaturated/α-hetero) is 1. The molecule has 6 heteroatoms. The number of fused-ring (bicyclic) bond motifs is 2. The average Bonchev–Trinajstić information content (AvgIpc) is 3.14. The van der Waals surface area contributed by atoms with Crippen molar-refractivity contribution in [2.75, 3.05) is 7.11 Å². The van der Waals surface area contributed by atoms with Crippen molar-refractivity contribution >= 4 is 33.4 Å². The zero-order chi connectivity index (χ0) is 24.9. The minimum atomic E-state index is -0.417. The van der Waals surface area contributed by atoms with Crippen LogP contribution in [0.2, 0.25) is 0 Å². The van der Waals surface area contributed by atoms with Crippen LogP contribution in [0.25, 0.3) is 27.6 Å². The number of carbonyl (C=O) groups excluding carboxylic acids is 2. The van der Waals surface area contributed by atoms with Crippen LogP contribution < -0.4 is 10.2 Å². The number of benzene rings is 3. The molecule has 6 nitrogen and oxygen atoms in total. The van der Waals surface area contributed by atoms with E-state index in [-0.39, 0.29) is 22.5 Å². The number of hydrogen-bond donors (Lipinski definition) is 0. The Bertz CT molecular complexity index is 1690. The summed E-state index contributed by atoms with van der Waals surface area (Å²) in [6.45, 7) is 5.01. The summed E-state index contributed by atoms with van der Waals surface area (Å²) in [4.78, 5) is 39.5. The summed E-state index contributed by atoms with van der Waals surface area (Å²) in [5, 5.41) is 0.980. The van der Waals surface area contributed by atoms with E-state index in [4.69, 9.17) is 9.15 Å². The highest BCUT2D eigenvalue weighted by atomic mass is 16.5. The summed E-state index contributed by atoms with van der Waals surface area (Å²) in [6.07, 6.45) is 0. The molecule has 0 saturated carbocycles. The van der Waals surface area contributed by atoms with Crippen LogP contribution in [0.3, 0.4) is 0 Å². The lowest BCUT2D eigenvalue weighted by Gasteiger charge is -2.10. The van der Waals surface area contributed by atoms with Crippen LogP contribution in [-0.2, 0) is 0 Å². The van der Waals surface area contributed by atoms with E-state index >= 15 is 0 Å². The van der Waals surface area contributed by atoms with Crippen LogP contribution >= 0.6 is 0 Å². The van der Waals surface area contributed by atoms with Gasteiger partial charge in [-0.15, -0.1) is 0 Å². The van der Waals surface area contributed by atoms with Gasteiger partial charge in [0.15, 0.2) is 11.6 Å². The fourth-order valence-electron chi connectivity index (χ4n) is 4.72. The molecule has 0 aliphatic carbocycles. The SMILES string of the molecule is COc1ccc(C(=O)c2c(C)oc3cc4c(C(C)=O)c(C)n(-c5ccccc5)c4cc3c2=O)cc1. The van der Waals surface area contributed by atoms with E-state index < -0.39 is 11.2 Å². The van der Waals surface area contributed by atoms with Crippen molar-refractivity contribution in [2.45, 2.75) is 20.8 Å². The normalized spacial score (nSPS) is 11.2. The maximum Gasteiger partial charge on any atom is 0.204 e. The number of para-hydroxylation sites is 1. The summed E-state index contributed by atoms with van der Waals surface area (Å²) in [5.74, 6) is 0.350. The van der Waals surface area contributed by atoms with Crippen molar-refractivity contribution in [2.24, 2.45) is 0 Å². The van der Waals surface area contributed by atoms with Crippen LogP contribution in [0, 0.1) is 13.8 Å². The van der Waals surface area contributed by atoms with Gasteiger partial charge in [0.25, 0.3) is 0 Å². The summed E-state index contributed by atoms with van der Waals surface area (Å²) < 4.78 is 13.1. The first kappa shape index (κ1) is 22.3. The van der Waals surface area contributed by atoms with E-state index in [0.29, 0.717) is 33.4 Å². The molecule has 2 heterocycles. The van der Waals surface area contributed by atoms with E-state index in [1.807, 2.05) is 41.8 Å². The molecule has 0 saturated heterocycles. The highest BCUT2D eigenvalue weighted by Gasteiger charge is 2.24. The number of aromatic nitrogens is 1. The number of rotatable bonds is 5. The molecule has 2 aromatic heterocycles. The molecule has 0 atom stereocenters. The van der Waals surface area contributed by atoms with Crippen molar-refractivity contribution in [1.82, 2.24) is 4.57 Å². The average molecular weight is 466 g/mol. The molecule has 0 aliphatic rings.